The van der Waals surface area contributed by atoms with Gasteiger partial charge in [0.2, 0.25) is 5.78 Å². The van der Waals surface area contributed by atoms with E-state index in [1.54, 1.807) is 6.20 Å². The minimum absolute atomic E-state index is 0.286. The molecular weight excluding hydrogens is 338 g/mol. The summed E-state index contributed by atoms with van der Waals surface area (Å²) < 4.78 is 1.94. The van der Waals surface area contributed by atoms with E-state index in [2.05, 4.69) is 20.6 Å². The maximum atomic E-state index is 12.3. The van der Waals surface area contributed by atoms with Crippen LogP contribution in [0.1, 0.15) is 11.3 Å². The smallest absolute Gasteiger partial charge is 0.308 e. The van der Waals surface area contributed by atoms with Crippen LogP contribution in [0, 0.1) is 13.8 Å². The van der Waals surface area contributed by atoms with Crippen molar-refractivity contribution in [3.8, 4) is 11.3 Å². The Hall–Kier alpha value is -3.67. The van der Waals surface area contributed by atoms with Crippen molar-refractivity contribution in [2.24, 2.45) is 0 Å². The monoisotopic (exact) mass is 357 g/mol. The van der Waals surface area contributed by atoms with Crippen LogP contribution in [0.25, 0.3) is 17.0 Å². The van der Waals surface area contributed by atoms with Gasteiger partial charge in [-0.15, -0.1) is 0 Å². The van der Waals surface area contributed by atoms with Crippen LogP contribution >= 0.6 is 0 Å². The van der Waals surface area contributed by atoms with Crippen molar-refractivity contribution < 1.29 is 4.79 Å². The number of aromatic nitrogens is 3. The molecule has 27 heavy (non-hydrogen) atoms. The molecule has 2 N–H and O–H groups in total. The minimum Gasteiger partial charge on any atom is -0.308 e. The Morgan fingerprint density at radius 1 is 0.963 bits per heavy atom. The summed E-state index contributed by atoms with van der Waals surface area (Å²) in [6, 6.07) is 16.9. The first kappa shape index (κ1) is 16.8. The number of hydrogen-bond donors (Lipinski definition) is 2. The number of rotatable bonds is 3. The second-order valence-electron chi connectivity index (χ2n) is 6.36. The largest absolute Gasteiger partial charge is 0.323 e. The van der Waals surface area contributed by atoms with E-state index in [0.29, 0.717) is 11.5 Å². The summed E-state index contributed by atoms with van der Waals surface area (Å²) in [7, 11) is 0. The first-order valence-corrected chi connectivity index (χ1v) is 8.65. The number of anilines is 2. The fourth-order valence-electron chi connectivity index (χ4n) is 3.04. The Kier molecular flexibility index (Phi) is 4.30. The van der Waals surface area contributed by atoms with E-state index in [9.17, 15) is 4.79 Å². The van der Waals surface area contributed by atoms with Crippen molar-refractivity contribution in [2.75, 3.05) is 10.6 Å². The third-order valence-electron chi connectivity index (χ3n) is 4.31. The molecule has 2 amide bonds. The normalized spacial score (nSPS) is 10.7. The van der Waals surface area contributed by atoms with Gasteiger partial charge in [0.15, 0.2) is 0 Å². The van der Waals surface area contributed by atoms with E-state index in [-0.39, 0.29) is 6.03 Å². The first-order valence-electron chi connectivity index (χ1n) is 8.65. The lowest BCUT2D eigenvalue weighted by Gasteiger charge is -2.09. The summed E-state index contributed by atoms with van der Waals surface area (Å²) in [5.74, 6) is 0.653. The molecule has 2 aromatic carbocycles. The van der Waals surface area contributed by atoms with Crippen LogP contribution in [0.4, 0.5) is 16.2 Å². The second kappa shape index (κ2) is 6.92. The Morgan fingerprint density at radius 3 is 2.44 bits per heavy atom. The molecule has 0 radical (unpaired) electrons. The predicted octanol–water partition coefficient (Wildman–Crippen LogP) is 4.66. The van der Waals surface area contributed by atoms with Crippen LogP contribution in [0.3, 0.4) is 0 Å². The van der Waals surface area contributed by atoms with Gasteiger partial charge < -0.3 is 10.6 Å². The highest BCUT2D eigenvalue weighted by Crippen LogP contribution is 2.25. The third kappa shape index (κ3) is 3.50. The fraction of sp³-hybridized carbons (Fsp3) is 0.0952. The molecule has 4 rings (SSSR count). The molecule has 0 fully saturated rings. The third-order valence-corrected chi connectivity index (χ3v) is 4.31. The molecule has 4 aromatic rings. The molecule has 0 spiro atoms. The van der Waals surface area contributed by atoms with Crippen molar-refractivity contribution >= 4 is 23.2 Å². The highest BCUT2D eigenvalue weighted by atomic mass is 16.2. The Morgan fingerprint density at radius 2 is 1.70 bits per heavy atom. The molecule has 0 atom stereocenters. The van der Waals surface area contributed by atoms with Gasteiger partial charge in [-0.3, -0.25) is 4.40 Å². The molecule has 0 saturated carbocycles. The average Bonchev–Trinajstić information content (AvgIpc) is 2.99. The summed E-state index contributed by atoms with van der Waals surface area (Å²) in [6.45, 7) is 3.99. The van der Waals surface area contributed by atoms with Gasteiger partial charge in [0.1, 0.15) is 0 Å². The lowest BCUT2D eigenvalue weighted by Crippen LogP contribution is -2.19. The number of nitrogens with one attached hydrogen (secondary N) is 2. The lowest BCUT2D eigenvalue weighted by molar-refractivity contribution is 0.262. The highest BCUT2D eigenvalue weighted by molar-refractivity contribution is 6.00. The number of urea groups is 1. The fourth-order valence-corrected chi connectivity index (χ4v) is 3.04. The summed E-state index contributed by atoms with van der Waals surface area (Å²) in [4.78, 5) is 21.2. The van der Waals surface area contributed by atoms with Gasteiger partial charge in [-0.25, -0.2) is 14.8 Å². The molecule has 0 aliphatic rings. The molecule has 6 nitrogen and oxygen atoms in total. The summed E-state index contributed by atoms with van der Waals surface area (Å²) in [6.07, 6.45) is 3.66. The molecule has 0 saturated heterocycles. The van der Waals surface area contributed by atoms with Gasteiger partial charge in [0.05, 0.1) is 5.69 Å². The number of amides is 2. The zero-order valence-corrected chi connectivity index (χ0v) is 15.1. The van der Waals surface area contributed by atoms with Crippen LogP contribution in [0.15, 0.2) is 67.0 Å². The number of aryl methyl sites for hydroxylation is 2. The first-order chi connectivity index (χ1) is 13.1. The van der Waals surface area contributed by atoms with Crippen molar-refractivity contribution in [2.45, 2.75) is 13.8 Å². The molecule has 0 aliphatic carbocycles. The molecule has 0 unspecified atom stereocenters. The molecule has 2 heterocycles. The summed E-state index contributed by atoms with van der Waals surface area (Å²) >= 11 is 0. The number of fused-ring (bicyclic) bond motifs is 1. The van der Waals surface area contributed by atoms with Crippen molar-refractivity contribution in [1.29, 1.82) is 0 Å². The molecule has 134 valence electrons. The summed E-state index contributed by atoms with van der Waals surface area (Å²) in [5, 5.41) is 5.72. The number of nitrogens with zero attached hydrogens (tertiary/aromatic N) is 3. The minimum atomic E-state index is -0.286. The SMILES string of the molecule is Cc1cccc(NC(=O)Nc2cccc(-c3nc4ncccn4c3C)c2)c1. The van der Waals surface area contributed by atoms with Crippen molar-refractivity contribution in [3.05, 3.63) is 78.2 Å². The van der Waals surface area contributed by atoms with Crippen LogP contribution in [-0.2, 0) is 0 Å². The lowest BCUT2D eigenvalue weighted by atomic mass is 10.1. The number of benzene rings is 2. The van der Waals surface area contributed by atoms with Gasteiger partial charge in [0, 0.05) is 35.0 Å². The van der Waals surface area contributed by atoms with Gasteiger partial charge in [-0.1, -0.05) is 24.3 Å². The van der Waals surface area contributed by atoms with Crippen molar-refractivity contribution in [1.82, 2.24) is 14.4 Å². The Labute approximate surface area is 156 Å². The Bertz CT molecular complexity index is 1130. The van der Waals surface area contributed by atoms with Crippen LogP contribution in [-0.4, -0.2) is 20.4 Å². The van der Waals surface area contributed by atoms with Crippen molar-refractivity contribution in [3.63, 3.8) is 0 Å². The number of hydrogen-bond acceptors (Lipinski definition) is 3. The zero-order chi connectivity index (χ0) is 18.8. The van der Waals surface area contributed by atoms with Gasteiger partial charge in [0.25, 0.3) is 0 Å². The van der Waals surface area contributed by atoms with Crippen LogP contribution < -0.4 is 10.6 Å². The van der Waals surface area contributed by atoms with E-state index >= 15 is 0 Å². The van der Waals surface area contributed by atoms with Crippen LogP contribution in [0.2, 0.25) is 0 Å². The van der Waals surface area contributed by atoms with Gasteiger partial charge >= 0.3 is 6.03 Å². The zero-order valence-electron chi connectivity index (χ0n) is 15.1. The summed E-state index contributed by atoms with van der Waals surface area (Å²) in [5.41, 5.74) is 5.31. The topological polar surface area (TPSA) is 71.3 Å². The Balaban J connectivity index is 1.57. The highest BCUT2D eigenvalue weighted by Gasteiger charge is 2.12. The quantitative estimate of drug-likeness (QED) is 0.560. The van der Waals surface area contributed by atoms with E-state index in [1.165, 1.54) is 0 Å². The van der Waals surface area contributed by atoms with Crippen LogP contribution in [0.5, 0.6) is 0 Å². The van der Waals surface area contributed by atoms with E-state index in [0.717, 1.165) is 28.2 Å². The van der Waals surface area contributed by atoms with Gasteiger partial charge in [-0.05, 0) is 49.7 Å². The number of carbonyl (C=O) groups is 1. The molecule has 0 aliphatic heterocycles. The average molecular weight is 357 g/mol. The maximum absolute atomic E-state index is 12.3. The number of imidazole rings is 1. The maximum Gasteiger partial charge on any atom is 0.323 e. The molecule has 2 aromatic heterocycles. The van der Waals surface area contributed by atoms with E-state index < -0.39 is 0 Å². The predicted molar refractivity (Wildman–Crippen MR) is 107 cm³/mol. The molecule has 6 heteroatoms. The second-order valence-corrected chi connectivity index (χ2v) is 6.36. The van der Waals surface area contributed by atoms with E-state index in [4.69, 9.17) is 0 Å². The number of carbonyl (C=O) groups excluding carboxylic acids is 1. The standard InChI is InChI=1S/C21H19N5O/c1-14-6-3-8-17(12-14)23-21(27)24-18-9-4-7-16(13-18)19-15(2)26-11-5-10-22-20(26)25-19/h3-13H,1-2H3,(H2,23,24,27). The molecular formula is C21H19N5O. The van der Waals surface area contributed by atoms with E-state index in [1.807, 2.05) is 79.0 Å². The molecule has 0 bridgehead atoms. The van der Waals surface area contributed by atoms with Gasteiger partial charge in [-0.2, -0.15) is 0 Å².